The van der Waals surface area contributed by atoms with Gasteiger partial charge in [-0.05, 0) is 68.9 Å². The molecule has 0 aliphatic carbocycles. The van der Waals surface area contributed by atoms with Crippen LogP contribution in [0.1, 0.15) is 5.56 Å². The molecule has 0 amide bonds. The van der Waals surface area contributed by atoms with Crippen molar-refractivity contribution in [1.29, 1.82) is 5.26 Å². The third-order valence-electron chi connectivity index (χ3n) is 1.21. The molecule has 0 aliphatic rings. The zero-order valence-electron chi connectivity index (χ0n) is 5.64. The van der Waals surface area contributed by atoms with Crippen LogP contribution >= 0.6 is 45.2 Å². The van der Waals surface area contributed by atoms with Crippen LogP contribution in [0, 0.1) is 18.5 Å². The second-order valence-corrected chi connectivity index (χ2v) is 4.60. The molecular weight excluding hydrogens is 364 g/mol. The third-order valence-corrected chi connectivity index (χ3v) is 2.45. The summed E-state index contributed by atoms with van der Waals surface area (Å²) in [6, 6.07) is 8.28. The maximum atomic E-state index is 8.45. The van der Waals surface area contributed by atoms with Crippen LogP contribution in [0.4, 0.5) is 0 Å². The summed E-state index contributed by atoms with van der Waals surface area (Å²) in [6.07, 6.45) is 0.507. The quantitative estimate of drug-likeness (QED) is 0.699. The monoisotopic (exact) mass is 369 g/mol. The number of hydrogen-bond donors (Lipinski definition) is 0. The number of halogens is 2. The summed E-state index contributed by atoms with van der Waals surface area (Å²) in [5.41, 5.74) is 1.10. The molecule has 0 saturated heterocycles. The van der Waals surface area contributed by atoms with E-state index in [-0.39, 0.29) is 0 Å². The van der Waals surface area contributed by atoms with Gasteiger partial charge in [-0.3, -0.25) is 0 Å². The highest BCUT2D eigenvalue weighted by Gasteiger charge is 1.95. The minimum absolute atomic E-state index is 0.507. The van der Waals surface area contributed by atoms with Crippen molar-refractivity contribution in [1.82, 2.24) is 0 Å². The van der Waals surface area contributed by atoms with Crippen molar-refractivity contribution < 1.29 is 0 Å². The van der Waals surface area contributed by atoms with E-state index in [0.717, 1.165) is 5.56 Å². The molecule has 1 rings (SSSR count). The highest BCUT2D eigenvalue weighted by Crippen LogP contribution is 2.14. The molecule has 0 spiro atoms. The van der Waals surface area contributed by atoms with E-state index in [2.05, 4.69) is 57.3 Å². The normalized spacial score (nSPS) is 9.18. The fourth-order valence-electron chi connectivity index (χ4n) is 0.804. The smallest absolute Gasteiger partial charge is 0.0669 e. The standard InChI is InChI=1S/C8H5I2N/c9-7-3-6(1-2-11)4-8(10)5-7/h3-5H,1H2. The van der Waals surface area contributed by atoms with Gasteiger partial charge in [-0.15, -0.1) is 0 Å². The SMILES string of the molecule is N#CCc1cc(I)cc(I)c1. The van der Waals surface area contributed by atoms with Gasteiger partial charge >= 0.3 is 0 Å². The first-order chi connectivity index (χ1) is 5.22. The van der Waals surface area contributed by atoms with E-state index in [1.807, 2.05) is 12.1 Å². The van der Waals surface area contributed by atoms with Crippen LogP contribution < -0.4 is 0 Å². The molecule has 0 aliphatic heterocycles. The van der Waals surface area contributed by atoms with Gasteiger partial charge in [-0.2, -0.15) is 5.26 Å². The van der Waals surface area contributed by atoms with Crippen LogP contribution in [0.3, 0.4) is 0 Å². The average molecular weight is 369 g/mol. The summed E-state index contributed by atoms with van der Waals surface area (Å²) in [6.45, 7) is 0. The molecule has 1 aromatic carbocycles. The number of benzene rings is 1. The van der Waals surface area contributed by atoms with Crippen molar-refractivity contribution in [2.45, 2.75) is 6.42 Å². The molecule has 1 aromatic rings. The Kier molecular flexibility index (Phi) is 3.59. The lowest BCUT2D eigenvalue weighted by molar-refractivity contribution is 1.25. The Hall–Kier alpha value is 0.170. The van der Waals surface area contributed by atoms with Gasteiger partial charge in [0.1, 0.15) is 0 Å². The Bertz CT molecular complexity index is 281. The Balaban J connectivity index is 3.01. The van der Waals surface area contributed by atoms with E-state index < -0.39 is 0 Å². The van der Waals surface area contributed by atoms with Gasteiger partial charge < -0.3 is 0 Å². The van der Waals surface area contributed by atoms with E-state index >= 15 is 0 Å². The van der Waals surface area contributed by atoms with Crippen molar-refractivity contribution in [3.63, 3.8) is 0 Å². The third kappa shape index (κ3) is 2.95. The zero-order valence-corrected chi connectivity index (χ0v) is 9.96. The Labute approximate surface area is 93.1 Å². The van der Waals surface area contributed by atoms with E-state index in [0.29, 0.717) is 6.42 Å². The average Bonchev–Trinajstić information content (AvgIpc) is 1.85. The number of hydrogen-bond acceptors (Lipinski definition) is 1. The van der Waals surface area contributed by atoms with Gasteiger partial charge in [-0.25, -0.2) is 0 Å². The Morgan fingerprint density at radius 2 is 1.73 bits per heavy atom. The first kappa shape index (κ1) is 9.26. The predicted molar refractivity (Wildman–Crippen MR) is 61.2 cm³/mol. The van der Waals surface area contributed by atoms with Gasteiger partial charge in [0.2, 0.25) is 0 Å². The van der Waals surface area contributed by atoms with Gasteiger partial charge in [0.25, 0.3) is 0 Å². The molecule has 0 N–H and O–H groups in total. The highest BCUT2D eigenvalue weighted by atomic mass is 127. The molecule has 0 fully saturated rings. The minimum atomic E-state index is 0.507. The topological polar surface area (TPSA) is 23.8 Å². The van der Waals surface area contributed by atoms with Gasteiger partial charge in [0.05, 0.1) is 12.5 Å². The van der Waals surface area contributed by atoms with E-state index in [1.165, 1.54) is 7.14 Å². The molecule has 0 bridgehead atoms. The summed E-state index contributed by atoms with van der Waals surface area (Å²) in [7, 11) is 0. The molecular formula is C8H5I2N. The van der Waals surface area contributed by atoms with Crippen molar-refractivity contribution in [2.75, 3.05) is 0 Å². The molecule has 1 nitrogen and oxygen atoms in total. The minimum Gasteiger partial charge on any atom is -0.198 e. The maximum Gasteiger partial charge on any atom is 0.0669 e. The van der Waals surface area contributed by atoms with E-state index in [4.69, 9.17) is 5.26 Å². The second-order valence-electron chi connectivity index (χ2n) is 2.11. The summed E-state index contributed by atoms with van der Waals surface area (Å²) < 4.78 is 2.39. The molecule has 0 atom stereocenters. The van der Waals surface area contributed by atoms with Crippen LogP contribution in [0.5, 0.6) is 0 Å². The van der Waals surface area contributed by atoms with Crippen molar-refractivity contribution in [3.8, 4) is 6.07 Å². The fourth-order valence-corrected chi connectivity index (χ4v) is 2.87. The van der Waals surface area contributed by atoms with Crippen LogP contribution in [-0.2, 0) is 6.42 Å². The first-order valence-corrected chi connectivity index (χ1v) is 5.20. The fraction of sp³-hybridized carbons (Fsp3) is 0.125. The van der Waals surface area contributed by atoms with Crippen LogP contribution in [0.25, 0.3) is 0 Å². The number of nitriles is 1. The first-order valence-electron chi connectivity index (χ1n) is 3.04. The van der Waals surface area contributed by atoms with Crippen LogP contribution in [0.15, 0.2) is 18.2 Å². The molecule has 0 heterocycles. The van der Waals surface area contributed by atoms with Crippen LogP contribution in [-0.4, -0.2) is 0 Å². The molecule has 11 heavy (non-hydrogen) atoms. The highest BCUT2D eigenvalue weighted by molar-refractivity contribution is 14.1. The van der Waals surface area contributed by atoms with E-state index in [1.54, 1.807) is 0 Å². The van der Waals surface area contributed by atoms with Crippen molar-refractivity contribution in [2.24, 2.45) is 0 Å². The predicted octanol–water partition coefficient (Wildman–Crippen LogP) is 2.96. The van der Waals surface area contributed by atoms with Gasteiger partial charge in [0, 0.05) is 7.14 Å². The molecule has 3 heteroatoms. The largest absolute Gasteiger partial charge is 0.198 e. The van der Waals surface area contributed by atoms with Crippen LogP contribution in [0.2, 0.25) is 0 Å². The van der Waals surface area contributed by atoms with Gasteiger partial charge in [0.15, 0.2) is 0 Å². The summed E-state index contributed by atoms with van der Waals surface area (Å²) in [5.74, 6) is 0. The van der Waals surface area contributed by atoms with Gasteiger partial charge in [-0.1, -0.05) is 0 Å². The number of rotatable bonds is 1. The maximum absolute atomic E-state index is 8.45. The second kappa shape index (κ2) is 4.26. The summed E-state index contributed by atoms with van der Waals surface area (Å²) in [4.78, 5) is 0. The van der Waals surface area contributed by atoms with Crippen molar-refractivity contribution >= 4 is 45.2 Å². The molecule has 0 unspecified atom stereocenters. The number of nitrogens with zero attached hydrogens (tertiary/aromatic N) is 1. The molecule has 56 valence electrons. The lowest BCUT2D eigenvalue weighted by Crippen LogP contribution is -1.84. The van der Waals surface area contributed by atoms with Crippen molar-refractivity contribution in [3.05, 3.63) is 30.9 Å². The Morgan fingerprint density at radius 1 is 1.18 bits per heavy atom. The molecule has 0 saturated carbocycles. The lowest BCUT2D eigenvalue weighted by Gasteiger charge is -1.97. The molecule has 0 aromatic heterocycles. The molecule has 0 radical (unpaired) electrons. The summed E-state index contributed by atoms with van der Waals surface area (Å²) in [5, 5.41) is 8.45. The van der Waals surface area contributed by atoms with E-state index in [9.17, 15) is 0 Å². The Morgan fingerprint density at radius 3 is 2.18 bits per heavy atom. The lowest BCUT2D eigenvalue weighted by atomic mass is 10.2. The summed E-state index contributed by atoms with van der Waals surface area (Å²) >= 11 is 4.51. The zero-order chi connectivity index (χ0) is 8.27.